The normalized spacial score (nSPS) is 11.9. The topological polar surface area (TPSA) is 86.8 Å². The Labute approximate surface area is 265 Å². The number of unbranched alkanes of at least 4 members (excludes halogenated alkanes) is 1. The number of halogens is 1. The number of aryl methyl sites for hydroxylation is 1. The van der Waals surface area contributed by atoms with Crippen molar-refractivity contribution in [1.82, 2.24) is 10.2 Å². The fourth-order valence-corrected chi connectivity index (χ4v) is 6.35. The van der Waals surface area contributed by atoms with Gasteiger partial charge in [0.05, 0.1) is 10.6 Å². The smallest absolute Gasteiger partial charge is 0.264 e. The van der Waals surface area contributed by atoms with E-state index in [-0.39, 0.29) is 29.5 Å². The van der Waals surface area contributed by atoms with Gasteiger partial charge in [0.2, 0.25) is 11.8 Å². The number of sulfonamides is 1. The molecule has 0 radical (unpaired) electrons. The Morgan fingerprint density at radius 3 is 2.00 bits per heavy atom. The second-order valence-electron chi connectivity index (χ2n) is 10.7. The molecule has 0 aliphatic carbocycles. The minimum absolute atomic E-state index is 0.0543. The first-order chi connectivity index (χ1) is 21.2. The van der Waals surface area contributed by atoms with Crippen molar-refractivity contribution >= 4 is 39.1 Å². The third-order valence-electron chi connectivity index (χ3n) is 7.30. The quantitative estimate of drug-likeness (QED) is 0.163. The summed E-state index contributed by atoms with van der Waals surface area (Å²) in [5.41, 5.74) is 2.90. The molecule has 4 aromatic carbocycles. The van der Waals surface area contributed by atoms with Crippen LogP contribution in [0.5, 0.6) is 0 Å². The Morgan fingerprint density at radius 2 is 1.41 bits per heavy atom. The van der Waals surface area contributed by atoms with Crippen LogP contribution in [0.4, 0.5) is 5.69 Å². The number of nitrogens with one attached hydrogen (secondary N) is 1. The lowest BCUT2D eigenvalue weighted by atomic mass is 10.0. The van der Waals surface area contributed by atoms with E-state index in [4.69, 9.17) is 11.6 Å². The number of hydrogen-bond donors (Lipinski definition) is 1. The number of carbonyl (C=O) groups excluding carboxylic acids is 2. The summed E-state index contributed by atoms with van der Waals surface area (Å²) in [4.78, 5) is 29.7. The van der Waals surface area contributed by atoms with Crippen LogP contribution in [0.1, 0.15) is 36.5 Å². The molecule has 0 aliphatic rings. The summed E-state index contributed by atoms with van der Waals surface area (Å²) in [6.07, 6.45) is 1.97. The molecule has 0 unspecified atom stereocenters. The second kappa shape index (κ2) is 15.5. The highest BCUT2D eigenvalue weighted by Gasteiger charge is 2.34. The predicted molar refractivity (Wildman–Crippen MR) is 176 cm³/mol. The van der Waals surface area contributed by atoms with E-state index < -0.39 is 28.5 Å². The number of hydrogen-bond acceptors (Lipinski definition) is 4. The maximum absolute atomic E-state index is 14.4. The number of rotatable bonds is 14. The highest BCUT2D eigenvalue weighted by atomic mass is 35.5. The highest BCUT2D eigenvalue weighted by Crippen LogP contribution is 2.26. The molecule has 0 spiro atoms. The van der Waals surface area contributed by atoms with Gasteiger partial charge in [-0.2, -0.15) is 0 Å². The molecule has 0 heterocycles. The van der Waals surface area contributed by atoms with Crippen molar-refractivity contribution < 1.29 is 18.0 Å². The number of anilines is 1. The van der Waals surface area contributed by atoms with Crippen LogP contribution in [-0.4, -0.2) is 44.3 Å². The van der Waals surface area contributed by atoms with E-state index in [1.54, 1.807) is 36.4 Å². The maximum Gasteiger partial charge on any atom is 0.264 e. The molecular weight excluding hydrogens is 594 g/mol. The van der Waals surface area contributed by atoms with E-state index >= 15 is 0 Å². The Balaban J connectivity index is 1.77. The first-order valence-corrected chi connectivity index (χ1v) is 16.5. The molecule has 0 bridgehead atoms. The Morgan fingerprint density at radius 1 is 0.818 bits per heavy atom. The lowest BCUT2D eigenvalue weighted by Gasteiger charge is -2.34. The summed E-state index contributed by atoms with van der Waals surface area (Å²) in [6.45, 7) is 4.00. The number of nitrogens with zero attached hydrogens (tertiary/aromatic N) is 2. The van der Waals surface area contributed by atoms with Crippen molar-refractivity contribution in [3.63, 3.8) is 0 Å². The number of amides is 2. The molecular formula is C35H38ClN3O4S. The molecule has 0 saturated carbocycles. The van der Waals surface area contributed by atoms with Gasteiger partial charge in [-0.25, -0.2) is 8.42 Å². The van der Waals surface area contributed by atoms with Crippen LogP contribution in [0, 0.1) is 6.92 Å². The van der Waals surface area contributed by atoms with Crippen molar-refractivity contribution in [2.24, 2.45) is 0 Å². The number of benzene rings is 4. The van der Waals surface area contributed by atoms with Gasteiger partial charge in [0.25, 0.3) is 10.0 Å². The van der Waals surface area contributed by atoms with Crippen LogP contribution in [-0.2, 0) is 32.6 Å². The van der Waals surface area contributed by atoms with Gasteiger partial charge < -0.3 is 10.2 Å². The molecule has 1 atom stereocenters. The van der Waals surface area contributed by atoms with Crippen LogP contribution < -0.4 is 9.62 Å². The van der Waals surface area contributed by atoms with E-state index in [0.717, 1.165) is 33.8 Å². The van der Waals surface area contributed by atoms with Gasteiger partial charge in [-0.15, -0.1) is 0 Å². The molecule has 1 N–H and O–H groups in total. The summed E-state index contributed by atoms with van der Waals surface area (Å²) in [6, 6.07) is 30.8. The van der Waals surface area contributed by atoms with Crippen LogP contribution in [0.2, 0.25) is 5.02 Å². The molecule has 4 rings (SSSR count). The van der Waals surface area contributed by atoms with E-state index in [2.05, 4.69) is 5.32 Å². The molecule has 7 nitrogen and oxygen atoms in total. The van der Waals surface area contributed by atoms with Crippen LogP contribution in [0.3, 0.4) is 0 Å². The Bertz CT molecular complexity index is 1610. The van der Waals surface area contributed by atoms with Gasteiger partial charge in [-0.1, -0.05) is 103 Å². The zero-order valence-electron chi connectivity index (χ0n) is 25.0. The van der Waals surface area contributed by atoms with Gasteiger partial charge in [0.15, 0.2) is 0 Å². The van der Waals surface area contributed by atoms with Crippen molar-refractivity contribution in [2.75, 3.05) is 17.4 Å². The van der Waals surface area contributed by atoms with E-state index in [1.165, 1.54) is 17.0 Å². The molecule has 230 valence electrons. The molecule has 0 aliphatic heterocycles. The first kappa shape index (κ1) is 32.8. The fraction of sp³-hybridized carbons (Fsp3) is 0.257. The summed E-state index contributed by atoms with van der Waals surface area (Å²) >= 11 is 6.13. The molecule has 0 fully saturated rings. The molecule has 9 heteroatoms. The van der Waals surface area contributed by atoms with Gasteiger partial charge in [-0.05, 0) is 60.9 Å². The zero-order chi connectivity index (χ0) is 31.5. The largest absolute Gasteiger partial charge is 0.354 e. The van der Waals surface area contributed by atoms with E-state index in [9.17, 15) is 18.0 Å². The molecule has 44 heavy (non-hydrogen) atoms. The third kappa shape index (κ3) is 8.71. The van der Waals surface area contributed by atoms with Crippen molar-refractivity contribution in [1.29, 1.82) is 0 Å². The third-order valence-corrected chi connectivity index (χ3v) is 9.34. The van der Waals surface area contributed by atoms with Crippen LogP contribution in [0.25, 0.3) is 0 Å². The zero-order valence-corrected chi connectivity index (χ0v) is 26.6. The SMILES string of the molecule is CCCCNC(=O)[C@H](Cc1ccccc1)N(Cc1ccccc1)C(=O)CN(c1ccc(Cl)cc1)S(=O)(=O)c1ccc(C)cc1. The number of carbonyl (C=O) groups is 2. The van der Waals surface area contributed by atoms with E-state index in [0.29, 0.717) is 11.6 Å². The highest BCUT2D eigenvalue weighted by molar-refractivity contribution is 7.92. The van der Waals surface area contributed by atoms with E-state index in [1.807, 2.05) is 74.5 Å². The van der Waals surface area contributed by atoms with Crippen LogP contribution in [0.15, 0.2) is 114 Å². The molecule has 0 saturated heterocycles. The van der Waals surface area contributed by atoms with Gasteiger partial charge in [0.1, 0.15) is 12.6 Å². The van der Waals surface area contributed by atoms with Crippen molar-refractivity contribution in [2.45, 2.75) is 50.6 Å². The standard InChI is InChI=1S/C35H38ClN3O4S/c1-3-4-23-37-35(41)33(24-28-11-7-5-8-12-28)38(25-29-13-9-6-10-14-29)34(40)26-39(31-19-17-30(36)18-20-31)44(42,43)32-21-15-27(2)16-22-32/h5-22,33H,3-4,23-26H2,1-2H3,(H,37,41)/t33-/m0/s1. The van der Waals surface area contributed by atoms with Crippen molar-refractivity contribution in [3.8, 4) is 0 Å². The minimum atomic E-state index is -4.17. The summed E-state index contributed by atoms with van der Waals surface area (Å²) in [5, 5.41) is 3.43. The average molecular weight is 632 g/mol. The van der Waals surface area contributed by atoms with Gasteiger partial charge in [-0.3, -0.25) is 13.9 Å². The lowest BCUT2D eigenvalue weighted by molar-refractivity contribution is -0.140. The average Bonchev–Trinajstić information content (AvgIpc) is 3.03. The van der Waals surface area contributed by atoms with Gasteiger partial charge >= 0.3 is 0 Å². The molecule has 2 amide bonds. The maximum atomic E-state index is 14.4. The molecule has 0 aromatic heterocycles. The molecule has 4 aromatic rings. The second-order valence-corrected chi connectivity index (χ2v) is 13.0. The fourth-order valence-electron chi connectivity index (χ4n) is 4.81. The van der Waals surface area contributed by atoms with Crippen LogP contribution >= 0.6 is 11.6 Å². The first-order valence-electron chi connectivity index (χ1n) is 14.7. The lowest BCUT2D eigenvalue weighted by Crippen LogP contribution is -2.53. The predicted octanol–water partition coefficient (Wildman–Crippen LogP) is 6.40. The summed E-state index contributed by atoms with van der Waals surface area (Å²) in [5.74, 6) is -0.794. The monoisotopic (exact) mass is 631 g/mol. The Kier molecular flexibility index (Phi) is 11.6. The van der Waals surface area contributed by atoms with Gasteiger partial charge in [0, 0.05) is 24.5 Å². The summed E-state index contributed by atoms with van der Waals surface area (Å²) in [7, 11) is -4.17. The summed E-state index contributed by atoms with van der Waals surface area (Å²) < 4.78 is 29.2. The minimum Gasteiger partial charge on any atom is -0.354 e. The Hall–Kier alpha value is -4.14. The van der Waals surface area contributed by atoms with Crippen molar-refractivity contribution in [3.05, 3.63) is 131 Å².